The predicted molar refractivity (Wildman–Crippen MR) is 95.9 cm³/mol. The van der Waals surface area contributed by atoms with Crippen molar-refractivity contribution in [2.24, 2.45) is 0 Å². The number of hydrogen-bond donors (Lipinski definition) is 2. The molecule has 2 rings (SSSR count). The zero-order valence-corrected chi connectivity index (χ0v) is 15.1. The summed E-state index contributed by atoms with van der Waals surface area (Å²) in [6, 6.07) is 10.3. The number of nitrogens with one attached hydrogen (secondary N) is 2. The van der Waals surface area contributed by atoms with Crippen LogP contribution in [0.3, 0.4) is 0 Å². The minimum Gasteiger partial charge on any atom is -0.322 e. The van der Waals surface area contributed by atoms with Crippen LogP contribution in [0.4, 0.5) is 5.69 Å². The zero-order valence-electron chi connectivity index (χ0n) is 14.3. The molecule has 0 atom stereocenters. The van der Waals surface area contributed by atoms with Gasteiger partial charge in [-0.15, -0.1) is 0 Å². The van der Waals surface area contributed by atoms with Gasteiger partial charge >= 0.3 is 0 Å². The number of amides is 1. The van der Waals surface area contributed by atoms with Crippen molar-refractivity contribution in [3.63, 3.8) is 0 Å². The van der Waals surface area contributed by atoms with E-state index in [2.05, 4.69) is 10.0 Å². The molecule has 2 aromatic carbocycles. The van der Waals surface area contributed by atoms with Crippen molar-refractivity contribution < 1.29 is 13.2 Å². The van der Waals surface area contributed by atoms with E-state index in [1.54, 1.807) is 19.9 Å². The summed E-state index contributed by atoms with van der Waals surface area (Å²) < 4.78 is 26.7. The van der Waals surface area contributed by atoms with Gasteiger partial charge in [0.05, 0.1) is 4.90 Å². The van der Waals surface area contributed by atoms with Gasteiger partial charge in [-0.1, -0.05) is 30.7 Å². The third-order valence-electron chi connectivity index (χ3n) is 3.73. The molecule has 1 amide bonds. The Morgan fingerprint density at radius 1 is 1.00 bits per heavy atom. The van der Waals surface area contributed by atoms with Gasteiger partial charge in [-0.3, -0.25) is 4.79 Å². The Morgan fingerprint density at radius 2 is 1.71 bits per heavy atom. The highest BCUT2D eigenvalue weighted by molar-refractivity contribution is 7.89. The second kappa shape index (κ2) is 7.15. The van der Waals surface area contributed by atoms with Gasteiger partial charge in [0.15, 0.2) is 0 Å². The van der Waals surface area contributed by atoms with Gasteiger partial charge in [0.2, 0.25) is 10.0 Å². The normalized spacial score (nSPS) is 11.3. The van der Waals surface area contributed by atoms with Gasteiger partial charge in [0, 0.05) is 17.8 Å². The van der Waals surface area contributed by atoms with E-state index in [1.165, 1.54) is 12.1 Å². The first-order valence-electron chi connectivity index (χ1n) is 7.73. The molecule has 2 aromatic rings. The van der Waals surface area contributed by atoms with Crippen LogP contribution >= 0.6 is 0 Å². The summed E-state index contributed by atoms with van der Waals surface area (Å²) in [5.41, 5.74) is 3.84. The molecule has 0 unspecified atom stereocenters. The topological polar surface area (TPSA) is 75.3 Å². The predicted octanol–water partition coefficient (Wildman–Crippen LogP) is 3.16. The summed E-state index contributed by atoms with van der Waals surface area (Å²) in [6.45, 7) is 7.68. The highest BCUT2D eigenvalue weighted by Gasteiger charge is 2.17. The van der Waals surface area contributed by atoms with E-state index in [1.807, 2.05) is 32.0 Å². The highest BCUT2D eigenvalue weighted by atomic mass is 32.2. The van der Waals surface area contributed by atoms with E-state index in [0.29, 0.717) is 23.4 Å². The summed E-state index contributed by atoms with van der Waals surface area (Å²) in [5, 5.41) is 2.85. The Hall–Kier alpha value is -2.18. The third kappa shape index (κ3) is 4.01. The number of benzene rings is 2. The lowest BCUT2D eigenvalue weighted by Gasteiger charge is -2.12. The molecule has 0 saturated carbocycles. The summed E-state index contributed by atoms with van der Waals surface area (Å²) in [4.78, 5) is 12.7. The number of aryl methyl sites for hydroxylation is 3. The molecule has 0 bridgehead atoms. The van der Waals surface area contributed by atoms with Crippen LogP contribution in [-0.4, -0.2) is 20.9 Å². The first kappa shape index (κ1) is 18.2. The van der Waals surface area contributed by atoms with Gasteiger partial charge in [-0.2, -0.15) is 0 Å². The standard InChI is InChI=1S/C18H22N2O3S/c1-5-19-24(22,23)15-8-7-13(3)16(11-15)18(21)20-17-9-6-12(2)10-14(17)4/h6-11,19H,5H2,1-4H3,(H,20,21). The van der Waals surface area contributed by atoms with Crippen LogP contribution in [-0.2, 0) is 10.0 Å². The van der Waals surface area contributed by atoms with Crippen molar-refractivity contribution in [3.8, 4) is 0 Å². The maximum atomic E-state index is 12.6. The smallest absolute Gasteiger partial charge is 0.255 e. The van der Waals surface area contributed by atoms with Crippen LogP contribution in [0.1, 0.15) is 34.0 Å². The SMILES string of the molecule is CCNS(=O)(=O)c1ccc(C)c(C(=O)Nc2ccc(C)cc2C)c1. The molecular weight excluding hydrogens is 324 g/mol. The Morgan fingerprint density at radius 3 is 2.33 bits per heavy atom. The molecule has 0 spiro atoms. The van der Waals surface area contributed by atoms with Crippen molar-refractivity contribution in [2.75, 3.05) is 11.9 Å². The molecule has 0 radical (unpaired) electrons. The first-order valence-corrected chi connectivity index (χ1v) is 9.22. The lowest BCUT2D eigenvalue weighted by Crippen LogP contribution is -2.24. The molecule has 128 valence electrons. The molecule has 0 fully saturated rings. The van der Waals surface area contributed by atoms with Crippen molar-refractivity contribution in [1.82, 2.24) is 4.72 Å². The minimum absolute atomic E-state index is 0.0840. The fourth-order valence-corrected chi connectivity index (χ4v) is 3.50. The van der Waals surface area contributed by atoms with Crippen LogP contribution in [0.5, 0.6) is 0 Å². The van der Waals surface area contributed by atoms with Gasteiger partial charge in [0.25, 0.3) is 5.91 Å². The highest BCUT2D eigenvalue weighted by Crippen LogP contribution is 2.20. The minimum atomic E-state index is -3.60. The second-order valence-electron chi connectivity index (χ2n) is 5.75. The average Bonchev–Trinajstić information content (AvgIpc) is 2.50. The van der Waals surface area contributed by atoms with Crippen LogP contribution in [0.15, 0.2) is 41.3 Å². The first-order chi connectivity index (χ1) is 11.2. The van der Waals surface area contributed by atoms with Crippen LogP contribution < -0.4 is 10.0 Å². The maximum Gasteiger partial charge on any atom is 0.255 e. The van der Waals surface area contributed by atoms with E-state index < -0.39 is 10.0 Å². The van der Waals surface area contributed by atoms with Gasteiger partial charge in [-0.05, 0) is 50.1 Å². The van der Waals surface area contributed by atoms with Crippen LogP contribution in [0, 0.1) is 20.8 Å². The molecule has 6 heteroatoms. The van der Waals surface area contributed by atoms with E-state index in [4.69, 9.17) is 0 Å². The van der Waals surface area contributed by atoms with E-state index in [-0.39, 0.29) is 10.8 Å². The van der Waals surface area contributed by atoms with Crippen molar-refractivity contribution >= 4 is 21.6 Å². The number of sulfonamides is 1. The lowest BCUT2D eigenvalue weighted by atomic mass is 10.1. The Bertz CT molecular complexity index is 874. The quantitative estimate of drug-likeness (QED) is 0.873. The summed E-state index contributed by atoms with van der Waals surface area (Å²) in [6.07, 6.45) is 0. The molecule has 5 nitrogen and oxygen atoms in total. The van der Waals surface area contributed by atoms with E-state index in [0.717, 1.165) is 11.1 Å². The van der Waals surface area contributed by atoms with Crippen LogP contribution in [0.25, 0.3) is 0 Å². The Kier molecular flexibility index (Phi) is 5.41. The zero-order chi connectivity index (χ0) is 17.9. The Balaban J connectivity index is 2.35. The van der Waals surface area contributed by atoms with E-state index >= 15 is 0 Å². The summed E-state index contributed by atoms with van der Waals surface area (Å²) >= 11 is 0. The summed E-state index contributed by atoms with van der Waals surface area (Å²) in [5.74, 6) is -0.326. The van der Waals surface area contributed by atoms with Gasteiger partial charge < -0.3 is 5.32 Å². The third-order valence-corrected chi connectivity index (χ3v) is 5.27. The number of rotatable bonds is 5. The maximum absolute atomic E-state index is 12.6. The van der Waals surface area contributed by atoms with E-state index in [9.17, 15) is 13.2 Å². The van der Waals surface area contributed by atoms with Crippen LogP contribution in [0.2, 0.25) is 0 Å². The molecule has 0 aliphatic heterocycles. The molecular formula is C18H22N2O3S. The molecule has 2 N–H and O–H groups in total. The molecule has 0 heterocycles. The molecule has 0 aliphatic carbocycles. The molecule has 24 heavy (non-hydrogen) atoms. The van der Waals surface area contributed by atoms with Crippen molar-refractivity contribution in [3.05, 3.63) is 58.7 Å². The monoisotopic (exact) mass is 346 g/mol. The number of carbonyl (C=O) groups excluding carboxylic acids is 1. The molecule has 0 aliphatic rings. The number of hydrogen-bond acceptors (Lipinski definition) is 3. The summed E-state index contributed by atoms with van der Waals surface area (Å²) in [7, 11) is -3.60. The van der Waals surface area contributed by atoms with Crippen molar-refractivity contribution in [1.29, 1.82) is 0 Å². The number of carbonyl (C=O) groups is 1. The Labute approximate surface area is 143 Å². The fourth-order valence-electron chi connectivity index (χ4n) is 2.43. The molecule has 0 saturated heterocycles. The van der Waals surface area contributed by atoms with Gasteiger partial charge in [-0.25, -0.2) is 13.1 Å². The number of anilines is 1. The van der Waals surface area contributed by atoms with Gasteiger partial charge in [0.1, 0.15) is 0 Å². The fraction of sp³-hybridized carbons (Fsp3) is 0.278. The lowest BCUT2D eigenvalue weighted by molar-refractivity contribution is 0.102. The molecule has 0 aromatic heterocycles. The van der Waals surface area contributed by atoms with Crippen molar-refractivity contribution in [2.45, 2.75) is 32.6 Å². The largest absolute Gasteiger partial charge is 0.322 e. The second-order valence-corrected chi connectivity index (χ2v) is 7.52. The average molecular weight is 346 g/mol.